The highest BCUT2D eigenvalue weighted by atomic mass is 16.2. The first-order chi connectivity index (χ1) is 16.0. The van der Waals surface area contributed by atoms with E-state index in [1.54, 1.807) is 13.1 Å². The number of hydrogen-bond acceptors (Lipinski definition) is 5. The Morgan fingerprint density at radius 3 is 2.61 bits per heavy atom. The normalized spacial score (nSPS) is 14.2. The number of benzene rings is 1. The van der Waals surface area contributed by atoms with Crippen molar-refractivity contribution in [3.63, 3.8) is 0 Å². The van der Waals surface area contributed by atoms with Crippen molar-refractivity contribution in [2.24, 2.45) is 0 Å². The minimum absolute atomic E-state index is 0.314. The summed E-state index contributed by atoms with van der Waals surface area (Å²) >= 11 is 0. The van der Waals surface area contributed by atoms with Crippen molar-refractivity contribution in [2.75, 3.05) is 13.6 Å². The van der Waals surface area contributed by atoms with Gasteiger partial charge in [0.1, 0.15) is 11.9 Å². The highest BCUT2D eigenvalue weighted by molar-refractivity contribution is 5.98. The predicted molar refractivity (Wildman–Crippen MR) is 126 cm³/mol. The van der Waals surface area contributed by atoms with Crippen LogP contribution < -0.4 is 10.6 Å². The minimum atomic E-state index is -0.824. The Kier molecular flexibility index (Phi) is 6.65. The van der Waals surface area contributed by atoms with Crippen molar-refractivity contribution in [3.05, 3.63) is 84.0 Å². The van der Waals surface area contributed by atoms with Gasteiger partial charge in [0.15, 0.2) is 5.69 Å². The summed E-state index contributed by atoms with van der Waals surface area (Å²) in [6, 6.07) is 13.0. The zero-order chi connectivity index (χ0) is 23.4. The molecule has 170 valence electrons. The minimum Gasteiger partial charge on any atom is -0.357 e. The third kappa shape index (κ3) is 4.85. The number of nitrogens with zero attached hydrogens (tertiary/aromatic N) is 4. The molecular weight excluding hydrogens is 416 g/mol. The Labute approximate surface area is 193 Å². The van der Waals surface area contributed by atoms with Crippen LogP contribution in [0.15, 0.2) is 67.0 Å². The number of amides is 2. The van der Waals surface area contributed by atoms with Crippen LogP contribution in [0, 0.1) is 0 Å². The van der Waals surface area contributed by atoms with Crippen LogP contribution >= 0.6 is 0 Å². The van der Waals surface area contributed by atoms with Gasteiger partial charge in [0.25, 0.3) is 5.91 Å². The molecule has 1 aromatic carbocycles. The number of fused-ring (bicyclic) bond motifs is 1. The van der Waals surface area contributed by atoms with Crippen LogP contribution in [0.5, 0.6) is 0 Å². The molecule has 0 fully saturated rings. The van der Waals surface area contributed by atoms with Crippen LogP contribution in [0.25, 0.3) is 11.4 Å². The maximum Gasteiger partial charge on any atom is 0.272 e. The first kappa shape index (κ1) is 22.4. The fraction of sp³-hybridized carbons (Fsp3) is 0.280. The van der Waals surface area contributed by atoms with Gasteiger partial charge in [-0.05, 0) is 24.1 Å². The predicted octanol–water partition coefficient (Wildman–Crippen LogP) is 2.38. The average molecular weight is 445 g/mol. The van der Waals surface area contributed by atoms with E-state index in [-0.39, 0.29) is 11.8 Å². The second kappa shape index (κ2) is 9.79. The molecule has 3 heterocycles. The molecule has 0 bridgehead atoms. The molecule has 0 unspecified atom stereocenters. The van der Waals surface area contributed by atoms with Crippen LogP contribution in [0.1, 0.15) is 28.7 Å². The molecule has 1 atom stereocenters. The van der Waals surface area contributed by atoms with Crippen LogP contribution in [0.3, 0.4) is 0 Å². The van der Waals surface area contributed by atoms with Crippen LogP contribution in [0.4, 0.5) is 0 Å². The molecule has 1 aliphatic heterocycles. The summed E-state index contributed by atoms with van der Waals surface area (Å²) in [4.78, 5) is 36.8. The van der Waals surface area contributed by atoms with Crippen molar-refractivity contribution in [3.8, 4) is 11.4 Å². The molecule has 3 aromatic rings. The molecule has 1 aliphatic rings. The average Bonchev–Trinajstić information content (AvgIpc) is 3.22. The third-order valence-electron chi connectivity index (χ3n) is 5.74. The first-order valence-corrected chi connectivity index (χ1v) is 10.9. The Bertz CT molecular complexity index is 1160. The van der Waals surface area contributed by atoms with E-state index in [1.807, 2.05) is 48.7 Å². The number of aromatic nitrogens is 3. The SMILES string of the molecule is C=C(C)[C@H](NC(=O)c1nc(-c2ccccc2)n2c1CN(Cc1cccnc1)CC2)C(=O)NC. The van der Waals surface area contributed by atoms with Crippen LogP contribution in [-0.4, -0.2) is 50.9 Å². The van der Waals surface area contributed by atoms with E-state index in [2.05, 4.69) is 31.7 Å². The van der Waals surface area contributed by atoms with E-state index < -0.39 is 6.04 Å². The molecule has 8 heteroatoms. The van der Waals surface area contributed by atoms with Gasteiger partial charge in [0.05, 0.1) is 5.69 Å². The molecule has 0 aliphatic carbocycles. The van der Waals surface area contributed by atoms with Crippen LogP contribution in [0.2, 0.25) is 0 Å². The summed E-state index contributed by atoms with van der Waals surface area (Å²) in [6.45, 7) is 8.40. The smallest absolute Gasteiger partial charge is 0.272 e. The highest BCUT2D eigenvalue weighted by Gasteiger charge is 2.30. The Morgan fingerprint density at radius 1 is 1.15 bits per heavy atom. The summed E-state index contributed by atoms with van der Waals surface area (Å²) in [5.41, 5.74) is 3.78. The monoisotopic (exact) mass is 444 g/mol. The Hall–Kier alpha value is -3.78. The molecule has 0 saturated carbocycles. The number of rotatable bonds is 7. The Balaban J connectivity index is 1.68. The van der Waals surface area contributed by atoms with Crippen molar-refractivity contribution >= 4 is 11.8 Å². The number of hydrogen-bond donors (Lipinski definition) is 2. The zero-order valence-electron chi connectivity index (χ0n) is 18.9. The van der Waals surface area contributed by atoms with E-state index >= 15 is 0 Å². The lowest BCUT2D eigenvalue weighted by Crippen LogP contribution is -2.46. The quantitative estimate of drug-likeness (QED) is 0.546. The maximum absolute atomic E-state index is 13.3. The zero-order valence-corrected chi connectivity index (χ0v) is 18.9. The van der Waals surface area contributed by atoms with Gasteiger partial charge in [-0.2, -0.15) is 0 Å². The van der Waals surface area contributed by atoms with Gasteiger partial charge in [0.2, 0.25) is 5.91 Å². The van der Waals surface area contributed by atoms with Gasteiger partial charge in [-0.15, -0.1) is 0 Å². The summed E-state index contributed by atoms with van der Waals surface area (Å²) in [5, 5.41) is 5.38. The van der Waals surface area contributed by atoms with Crippen molar-refractivity contribution in [2.45, 2.75) is 32.6 Å². The first-order valence-electron chi connectivity index (χ1n) is 10.9. The molecule has 33 heavy (non-hydrogen) atoms. The maximum atomic E-state index is 13.3. The lowest BCUT2D eigenvalue weighted by atomic mass is 10.1. The number of likely N-dealkylation sites (N-methyl/N-ethyl adjacent to an activating group) is 1. The summed E-state index contributed by atoms with van der Waals surface area (Å²) in [5.74, 6) is 0.0507. The van der Waals surface area contributed by atoms with Gasteiger partial charge < -0.3 is 15.2 Å². The van der Waals surface area contributed by atoms with E-state index in [0.29, 0.717) is 24.4 Å². The van der Waals surface area contributed by atoms with Gasteiger partial charge in [0, 0.05) is 51.2 Å². The summed E-state index contributed by atoms with van der Waals surface area (Å²) in [7, 11) is 1.53. The molecule has 0 saturated heterocycles. The highest BCUT2D eigenvalue weighted by Crippen LogP contribution is 2.27. The number of nitrogens with one attached hydrogen (secondary N) is 2. The Morgan fingerprint density at radius 2 is 1.94 bits per heavy atom. The van der Waals surface area contributed by atoms with Crippen LogP contribution in [-0.2, 0) is 24.4 Å². The van der Waals surface area contributed by atoms with E-state index in [0.717, 1.165) is 35.7 Å². The third-order valence-corrected chi connectivity index (χ3v) is 5.74. The van der Waals surface area contributed by atoms with E-state index in [9.17, 15) is 9.59 Å². The standard InChI is InChI=1S/C25H28N6O2/c1-17(2)21(24(32)26-3)29-25(33)22-20-16-30(15-18-8-7-11-27-14-18)12-13-31(20)23(28-22)19-9-5-4-6-10-19/h4-11,14,21H,1,12-13,15-16H2,2-3H3,(H,26,32)(H,29,33)/t21-/m0/s1. The lowest BCUT2D eigenvalue weighted by molar-refractivity contribution is -0.121. The topological polar surface area (TPSA) is 92.2 Å². The second-order valence-electron chi connectivity index (χ2n) is 8.19. The number of imidazole rings is 1. The largest absolute Gasteiger partial charge is 0.357 e. The van der Waals surface area contributed by atoms with Crippen molar-refractivity contribution < 1.29 is 9.59 Å². The summed E-state index contributed by atoms with van der Waals surface area (Å²) in [6.07, 6.45) is 3.61. The molecule has 2 aromatic heterocycles. The number of pyridine rings is 1. The second-order valence-corrected chi connectivity index (χ2v) is 8.19. The molecule has 2 N–H and O–H groups in total. The van der Waals surface area contributed by atoms with E-state index in [1.165, 1.54) is 7.05 Å². The van der Waals surface area contributed by atoms with Crippen molar-refractivity contribution in [1.29, 1.82) is 0 Å². The molecule has 0 spiro atoms. The molecular formula is C25H28N6O2. The van der Waals surface area contributed by atoms with Crippen molar-refractivity contribution in [1.82, 2.24) is 30.1 Å². The fourth-order valence-corrected chi connectivity index (χ4v) is 4.05. The van der Waals surface area contributed by atoms with Gasteiger partial charge in [-0.3, -0.25) is 19.5 Å². The molecule has 2 amide bonds. The van der Waals surface area contributed by atoms with Gasteiger partial charge >= 0.3 is 0 Å². The number of carbonyl (C=O) groups excluding carboxylic acids is 2. The van der Waals surface area contributed by atoms with Gasteiger partial charge in [-0.1, -0.05) is 43.0 Å². The molecule has 8 nitrogen and oxygen atoms in total. The lowest BCUT2D eigenvalue weighted by Gasteiger charge is -2.29. The van der Waals surface area contributed by atoms with E-state index in [4.69, 9.17) is 4.98 Å². The number of carbonyl (C=O) groups is 2. The molecule has 0 radical (unpaired) electrons. The molecule has 4 rings (SSSR count). The van der Waals surface area contributed by atoms with Gasteiger partial charge in [-0.25, -0.2) is 4.98 Å². The summed E-state index contributed by atoms with van der Waals surface area (Å²) < 4.78 is 2.11. The fourth-order valence-electron chi connectivity index (χ4n) is 4.05.